The molecule has 1 aliphatic heterocycles. The fraction of sp³-hybridized carbons (Fsp3) is 0.222. The lowest BCUT2D eigenvalue weighted by atomic mass is 10.2. The first kappa shape index (κ1) is 13.3. The molecule has 2 rings (SSSR count). The summed E-state index contributed by atoms with van der Waals surface area (Å²) in [6, 6.07) is 1.61. The third-order valence-corrected chi connectivity index (χ3v) is 3.25. The van der Waals surface area contributed by atoms with Gasteiger partial charge in [0, 0.05) is 6.54 Å². The first-order chi connectivity index (χ1) is 8.67. The summed E-state index contributed by atoms with van der Waals surface area (Å²) in [6.45, 7) is 2.47. The third kappa shape index (κ3) is 2.49. The summed E-state index contributed by atoms with van der Waals surface area (Å²) in [7, 11) is 0. The van der Waals surface area contributed by atoms with E-state index in [1.165, 1.54) is 0 Å². The number of rotatable bonds is 2. The number of guanidine groups is 1. The molecule has 0 aromatic heterocycles. The number of hydrogen-bond donors (Lipinski definition) is 3. The summed E-state index contributed by atoms with van der Waals surface area (Å²) in [4.78, 5) is 4.13. The minimum Gasteiger partial charge on any atom is -0.322 e. The Balaban J connectivity index is 2.44. The topological polar surface area (TPSA) is 87.2 Å². The van der Waals surface area contributed by atoms with Crippen LogP contribution < -0.4 is 16.6 Å². The number of halogens is 2. The zero-order valence-electron chi connectivity index (χ0n) is 9.37. The second-order valence-corrected chi connectivity index (χ2v) is 4.61. The molecule has 0 amide bonds. The molecule has 0 saturated heterocycles. The lowest BCUT2D eigenvalue weighted by Crippen LogP contribution is -2.36. The quantitative estimate of drug-likeness (QED) is 0.345. The standard InChI is InChI=1S/C9H10Cl2N6S/c1-2-13-9(15-12)14-6-4(10)3-5(11)7-8(6)17-18-16-7/h3H,2,12H2,1H3,(H2,13,14,15). The number of aliphatic imine (C=N–C) groups is 1. The van der Waals surface area contributed by atoms with Crippen LogP contribution in [0.15, 0.2) is 19.8 Å². The van der Waals surface area contributed by atoms with Gasteiger partial charge in [-0.05, 0) is 13.0 Å². The van der Waals surface area contributed by atoms with Crippen LogP contribution in [-0.4, -0.2) is 12.5 Å². The smallest absolute Gasteiger partial charge is 0.210 e. The van der Waals surface area contributed by atoms with Gasteiger partial charge in [-0.1, -0.05) is 23.2 Å². The van der Waals surface area contributed by atoms with Crippen LogP contribution in [0.5, 0.6) is 0 Å². The van der Waals surface area contributed by atoms with Crippen molar-refractivity contribution >= 4 is 57.6 Å². The van der Waals surface area contributed by atoms with Gasteiger partial charge in [0.1, 0.15) is 11.4 Å². The SMILES string of the molecule is CCN=C(NN)Nc1c(Cl)cc(Cl)c2c1N=S=N2. The van der Waals surface area contributed by atoms with E-state index in [0.717, 1.165) is 11.4 Å². The van der Waals surface area contributed by atoms with Crippen molar-refractivity contribution in [2.24, 2.45) is 19.6 Å². The fourth-order valence-electron chi connectivity index (χ4n) is 1.39. The van der Waals surface area contributed by atoms with Gasteiger partial charge >= 0.3 is 0 Å². The summed E-state index contributed by atoms with van der Waals surface area (Å²) >= 11 is 13.2. The highest BCUT2D eigenvalue weighted by Crippen LogP contribution is 2.47. The number of benzene rings is 1. The number of hydrogen-bond acceptors (Lipinski definition) is 4. The molecule has 6 nitrogen and oxygen atoms in total. The first-order valence-corrected chi connectivity index (χ1v) is 6.54. The van der Waals surface area contributed by atoms with Crippen molar-refractivity contribution < 1.29 is 0 Å². The third-order valence-electron chi connectivity index (χ3n) is 2.14. The highest BCUT2D eigenvalue weighted by molar-refractivity contribution is 7.58. The van der Waals surface area contributed by atoms with Crippen LogP contribution in [0.2, 0.25) is 10.0 Å². The molecule has 0 unspecified atom stereocenters. The lowest BCUT2D eigenvalue weighted by Gasteiger charge is -2.13. The second kappa shape index (κ2) is 5.66. The van der Waals surface area contributed by atoms with Crippen molar-refractivity contribution in [1.82, 2.24) is 5.43 Å². The maximum Gasteiger partial charge on any atom is 0.210 e. The average Bonchev–Trinajstić information content (AvgIpc) is 2.82. The normalized spacial score (nSPS) is 13.2. The Kier molecular flexibility index (Phi) is 4.18. The molecule has 0 radical (unpaired) electrons. The van der Waals surface area contributed by atoms with E-state index >= 15 is 0 Å². The van der Waals surface area contributed by atoms with E-state index in [0.29, 0.717) is 39.6 Å². The Morgan fingerprint density at radius 1 is 1.39 bits per heavy atom. The van der Waals surface area contributed by atoms with E-state index in [-0.39, 0.29) is 0 Å². The minimum absolute atomic E-state index is 0.399. The summed E-state index contributed by atoms with van der Waals surface area (Å²) in [5.41, 5.74) is 4.22. The van der Waals surface area contributed by atoms with Crippen LogP contribution in [0.3, 0.4) is 0 Å². The summed E-state index contributed by atoms with van der Waals surface area (Å²) in [5.74, 6) is 5.76. The molecule has 0 bridgehead atoms. The number of nitrogens with two attached hydrogens (primary N) is 1. The van der Waals surface area contributed by atoms with Gasteiger partial charge in [-0.3, -0.25) is 10.4 Å². The molecule has 4 N–H and O–H groups in total. The highest BCUT2D eigenvalue weighted by Gasteiger charge is 2.19. The van der Waals surface area contributed by atoms with Crippen LogP contribution in [0, 0.1) is 0 Å². The van der Waals surface area contributed by atoms with Gasteiger partial charge in [-0.25, -0.2) is 5.84 Å². The summed E-state index contributed by atoms with van der Waals surface area (Å²) in [5, 5.41) is 3.87. The summed E-state index contributed by atoms with van der Waals surface area (Å²) in [6.07, 6.45) is 0. The van der Waals surface area contributed by atoms with Crippen molar-refractivity contribution in [3.8, 4) is 0 Å². The average molecular weight is 305 g/mol. The Morgan fingerprint density at radius 3 is 2.78 bits per heavy atom. The molecular weight excluding hydrogens is 295 g/mol. The number of fused-ring (bicyclic) bond motifs is 1. The Hall–Kier alpha value is -1.15. The highest BCUT2D eigenvalue weighted by atomic mass is 35.5. The number of hydrazine groups is 1. The Bertz CT molecular complexity index is 579. The van der Waals surface area contributed by atoms with Crippen molar-refractivity contribution in [1.29, 1.82) is 0 Å². The maximum atomic E-state index is 6.13. The molecule has 96 valence electrons. The van der Waals surface area contributed by atoms with E-state index in [9.17, 15) is 0 Å². The molecule has 0 spiro atoms. The van der Waals surface area contributed by atoms with Gasteiger partial charge < -0.3 is 5.32 Å². The zero-order valence-corrected chi connectivity index (χ0v) is 11.7. The van der Waals surface area contributed by atoms with Crippen molar-refractivity contribution in [3.63, 3.8) is 0 Å². The van der Waals surface area contributed by atoms with Crippen LogP contribution >= 0.6 is 23.2 Å². The molecule has 0 aliphatic carbocycles. The zero-order chi connectivity index (χ0) is 13.1. The monoisotopic (exact) mass is 304 g/mol. The van der Waals surface area contributed by atoms with Gasteiger partial charge in [-0.15, -0.1) is 0 Å². The van der Waals surface area contributed by atoms with Crippen LogP contribution in [-0.2, 0) is 11.4 Å². The maximum absolute atomic E-state index is 6.13. The molecule has 9 heteroatoms. The largest absolute Gasteiger partial charge is 0.322 e. The number of nitrogens with zero attached hydrogens (tertiary/aromatic N) is 3. The molecule has 18 heavy (non-hydrogen) atoms. The van der Waals surface area contributed by atoms with Gasteiger partial charge in [-0.2, -0.15) is 8.73 Å². The molecular formula is C9H10Cl2N6S. The second-order valence-electron chi connectivity index (χ2n) is 3.27. The van der Waals surface area contributed by atoms with Crippen LogP contribution in [0.4, 0.5) is 17.1 Å². The molecule has 1 aromatic rings. The van der Waals surface area contributed by atoms with E-state index in [1.807, 2.05) is 6.92 Å². The number of nitrogens with one attached hydrogen (secondary N) is 2. The van der Waals surface area contributed by atoms with Gasteiger partial charge in [0.25, 0.3) is 0 Å². The van der Waals surface area contributed by atoms with E-state index in [1.54, 1.807) is 6.07 Å². The molecule has 0 fully saturated rings. The van der Waals surface area contributed by atoms with Crippen LogP contribution in [0.1, 0.15) is 6.92 Å². The lowest BCUT2D eigenvalue weighted by molar-refractivity contribution is 0.986. The van der Waals surface area contributed by atoms with Gasteiger partial charge in [0.15, 0.2) is 0 Å². The Morgan fingerprint density at radius 2 is 2.11 bits per heavy atom. The first-order valence-electron chi connectivity index (χ1n) is 5.05. The van der Waals surface area contributed by atoms with E-state index in [2.05, 4.69) is 24.5 Å². The fourth-order valence-corrected chi connectivity index (χ4v) is 2.55. The molecule has 0 saturated carbocycles. The van der Waals surface area contributed by atoms with Gasteiger partial charge in [0.2, 0.25) is 5.96 Å². The predicted octanol–water partition coefficient (Wildman–Crippen LogP) is 2.97. The molecule has 1 aromatic carbocycles. The summed E-state index contributed by atoms with van der Waals surface area (Å²) < 4.78 is 8.27. The van der Waals surface area contributed by atoms with E-state index in [4.69, 9.17) is 29.0 Å². The Labute approximate surface area is 117 Å². The van der Waals surface area contributed by atoms with Crippen molar-refractivity contribution in [2.45, 2.75) is 6.92 Å². The van der Waals surface area contributed by atoms with Crippen molar-refractivity contribution in [2.75, 3.05) is 11.9 Å². The van der Waals surface area contributed by atoms with Crippen LogP contribution in [0.25, 0.3) is 0 Å². The van der Waals surface area contributed by atoms with Gasteiger partial charge in [0.05, 0.1) is 27.1 Å². The molecule has 1 aliphatic rings. The molecule has 1 heterocycles. The molecule has 0 atom stereocenters. The van der Waals surface area contributed by atoms with E-state index < -0.39 is 0 Å². The minimum atomic E-state index is 0.399. The van der Waals surface area contributed by atoms with Crippen molar-refractivity contribution in [3.05, 3.63) is 16.1 Å². The number of anilines is 1. The predicted molar refractivity (Wildman–Crippen MR) is 76.9 cm³/mol.